The van der Waals surface area contributed by atoms with E-state index in [1.54, 1.807) is 0 Å². The van der Waals surface area contributed by atoms with E-state index in [1.165, 1.54) is 16.9 Å². The zero-order chi connectivity index (χ0) is 13.4. The second-order valence-electron chi connectivity index (χ2n) is 4.16. The topological polar surface area (TPSA) is 79.4 Å². The summed E-state index contributed by atoms with van der Waals surface area (Å²) in [6, 6.07) is 1.43. The molecule has 0 bridgehead atoms. The Hall–Kier alpha value is -1.40. The first-order chi connectivity index (χ1) is 8.63. The molecule has 0 aliphatic carbocycles. The van der Waals surface area contributed by atoms with E-state index in [0.29, 0.717) is 32.1 Å². The molecule has 6 heteroatoms. The Kier molecular flexibility index (Phi) is 6.38. The molecule has 0 fully saturated rings. The first kappa shape index (κ1) is 14.7. The van der Waals surface area contributed by atoms with Gasteiger partial charge in [0.25, 0.3) is 5.56 Å². The summed E-state index contributed by atoms with van der Waals surface area (Å²) < 4.78 is 12.1. The zero-order valence-corrected chi connectivity index (χ0v) is 11.0. The Bertz CT molecular complexity index is 404. The number of nitrogens with zero attached hydrogens (tertiary/aromatic N) is 2. The van der Waals surface area contributed by atoms with Crippen molar-refractivity contribution >= 4 is 0 Å². The van der Waals surface area contributed by atoms with Gasteiger partial charge in [0.05, 0.1) is 32.1 Å². The Morgan fingerprint density at radius 1 is 1.44 bits per heavy atom. The lowest BCUT2D eigenvalue weighted by atomic mass is 10.4. The average Bonchev–Trinajstić information content (AvgIpc) is 2.32. The molecule has 0 atom stereocenters. The van der Waals surface area contributed by atoms with Crippen LogP contribution in [-0.2, 0) is 11.3 Å². The van der Waals surface area contributed by atoms with Gasteiger partial charge in [0.2, 0.25) is 0 Å². The monoisotopic (exact) mass is 255 g/mol. The number of rotatable bonds is 8. The minimum atomic E-state index is -0.187. The number of hydrogen-bond acceptors (Lipinski definition) is 5. The molecule has 102 valence electrons. The van der Waals surface area contributed by atoms with Gasteiger partial charge in [-0.1, -0.05) is 0 Å². The van der Waals surface area contributed by atoms with Gasteiger partial charge in [-0.2, -0.15) is 5.10 Å². The van der Waals surface area contributed by atoms with Crippen LogP contribution in [0.1, 0.15) is 20.3 Å². The maximum Gasteiger partial charge on any atom is 0.270 e. The largest absolute Gasteiger partial charge is 0.492 e. The van der Waals surface area contributed by atoms with E-state index in [1.807, 2.05) is 13.8 Å². The van der Waals surface area contributed by atoms with Crippen LogP contribution in [0.5, 0.6) is 5.75 Å². The molecule has 0 amide bonds. The van der Waals surface area contributed by atoms with Crippen molar-refractivity contribution in [3.05, 3.63) is 22.6 Å². The van der Waals surface area contributed by atoms with Gasteiger partial charge < -0.3 is 15.2 Å². The maximum atomic E-state index is 11.7. The summed E-state index contributed by atoms with van der Waals surface area (Å²) in [5.41, 5.74) is 5.16. The summed E-state index contributed by atoms with van der Waals surface area (Å²) >= 11 is 0. The Balaban J connectivity index is 2.49. The predicted molar refractivity (Wildman–Crippen MR) is 68.8 cm³/mol. The quantitative estimate of drug-likeness (QED) is 0.680. The number of hydrogen-bond donors (Lipinski definition) is 1. The van der Waals surface area contributed by atoms with Crippen LogP contribution in [0.3, 0.4) is 0 Å². The van der Waals surface area contributed by atoms with Gasteiger partial charge in [0, 0.05) is 6.07 Å². The highest BCUT2D eigenvalue weighted by Gasteiger charge is 2.01. The van der Waals surface area contributed by atoms with E-state index in [0.717, 1.165) is 6.42 Å². The van der Waals surface area contributed by atoms with Crippen LogP contribution in [-0.4, -0.2) is 35.6 Å². The molecule has 0 aliphatic rings. The van der Waals surface area contributed by atoms with Gasteiger partial charge in [0.1, 0.15) is 5.75 Å². The van der Waals surface area contributed by atoms with Gasteiger partial charge in [-0.05, 0) is 26.8 Å². The third-order valence-electron chi connectivity index (χ3n) is 2.22. The summed E-state index contributed by atoms with van der Waals surface area (Å²) in [7, 11) is 0. The highest BCUT2D eigenvalue weighted by Crippen LogP contribution is 2.03. The lowest BCUT2D eigenvalue weighted by Crippen LogP contribution is -2.25. The fraction of sp³-hybridized carbons (Fsp3) is 0.667. The van der Waals surface area contributed by atoms with Crippen molar-refractivity contribution in [1.29, 1.82) is 0 Å². The maximum absolute atomic E-state index is 11.7. The lowest BCUT2D eigenvalue weighted by molar-refractivity contribution is 0.0701. The highest BCUT2D eigenvalue weighted by atomic mass is 16.5. The summed E-state index contributed by atoms with van der Waals surface area (Å²) in [5, 5.41) is 4.02. The number of nitrogens with two attached hydrogens (primary N) is 1. The van der Waals surface area contributed by atoms with Crippen LogP contribution < -0.4 is 16.0 Å². The molecule has 0 aromatic carbocycles. The third kappa shape index (κ3) is 5.29. The molecular formula is C12H21N3O3. The molecule has 1 aromatic rings. The minimum Gasteiger partial charge on any atom is -0.492 e. The van der Waals surface area contributed by atoms with Crippen LogP contribution in [0.25, 0.3) is 0 Å². The molecule has 1 rings (SSSR count). The molecule has 1 heterocycles. The molecule has 1 aromatic heterocycles. The standard InChI is InChI=1S/C12H21N3O3/c1-10(2)17-7-5-15-12(16)8-11(9-14-15)18-6-3-4-13/h8-10H,3-7,13H2,1-2H3. The second kappa shape index (κ2) is 7.84. The van der Waals surface area contributed by atoms with Crippen LogP contribution in [0, 0.1) is 0 Å². The smallest absolute Gasteiger partial charge is 0.270 e. The lowest BCUT2D eigenvalue weighted by Gasteiger charge is -2.09. The van der Waals surface area contributed by atoms with E-state index in [2.05, 4.69) is 5.10 Å². The first-order valence-corrected chi connectivity index (χ1v) is 6.15. The SMILES string of the molecule is CC(C)OCCn1ncc(OCCCN)cc1=O. The van der Waals surface area contributed by atoms with Crippen LogP contribution in [0.4, 0.5) is 0 Å². The predicted octanol–water partition coefficient (Wildman–Crippen LogP) is 0.396. The van der Waals surface area contributed by atoms with Gasteiger partial charge in [-0.15, -0.1) is 0 Å². The summed E-state index contributed by atoms with van der Waals surface area (Å²) in [6.07, 6.45) is 2.44. The normalized spacial score (nSPS) is 10.9. The minimum absolute atomic E-state index is 0.152. The van der Waals surface area contributed by atoms with Crippen molar-refractivity contribution in [2.24, 2.45) is 5.73 Å². The molecule has 18 heavy (non-hydrogen) atoms. The van der Waals surface area contributed by atoms with Crippen molar-refractivity contribution in [3.8, 4) is 5.75 Å². The fourth-order valence-electron chi connectivity index (χ4n) is 1.31. The first-order valence-electron chi connectivity index (χ1n) is 6.15. The van der Waals surface area contributed by atoms with Crippen molar-refractivity contribution < 1.29 is 9.47 Å². The van der Waals surface area contributed by atoms with E-state index >= 15 is 0 Å². The Morgan fingerprint density at radius 3 is 2.83 bits per heavy atom. The van der Waals surface area contributed by atoms with Gasteiger partial charge in [-0.25, -0.2) is 4.68 Å². The van der Waals surface area contributed by atoms with Crippen LogP contribution in [0.2, 0.25) is 0 Å². The Labute approximate surface area is 107 Å². The van der Waals surface area contributed by atoms with E-state index < -0.39 is 0 Å². The molecule has 0 saturated heterocycles. The van der Waals surface area contributed by atoms with Crippen LogP contribution >= 0.6 is 0 Å². The molecule has 6 nitrogen and oxygen atoms in total. The van der Waals surface area contributed by atoms with Crippen molar-refractivity contribution in [3.63, 3.8) is 0 Å². The van der Waals surface area contributed by atoms with Gasteiger partial charge in [0.15, 0.2) is 0 Å². The average molecular weight is 255 g/mol. The number of aromatic nitrogens is 2. The van der Waals surface area contributed by atoms with E-state index in [-0.39, 0.29) is 11.7 Å². The van der Waals surface area contributed by atoms with Crippen molar-refractivity contribution in [1.82, 2.24) is 9.78 Å². The van der Waals surface area contributed by atoms with Gasteiger partial charge >= 0.3 is 0 Å². The summed E-state index contributed by atoms with van der Waals surface area (Å²) in [4.78, 5) is 11.7. The summed E-state index contributed by atoms with van der Waals surface area (Å²) in [5.74, 6) is 0.481. The molecule has 0 saturated carbocycles. The zero-order valence-electron chi connectivity index (χ0n) is 11.0. The highest BCUT2D eigenvalue weighted by molar-refractivity contribution is 5.13. The van der Waals surface area contributed by atoms with Crippen LogP contribution in [0.15, 0.2) is 17.1 Å². The van der Waals surface area contributed by atoms with E-state index in [4.69, 9.17) is 15.2 Å². The Morgan fingerprint density at radius 2 is 2.22 bits per heavy atom. The molecule has 0 spiro atoms. The van der Waals surface area contributed by atoms with Gasteiger partial charge in [-0.3, -0.25) is 4.79 Å². The number of ether oxygens (including phenoxy) is 2. The molecule has 0 radical (unpaired) electrons. The van der Waals surface area contributed by atoms with Crippen molar-refractivity contribution in [2.45, 2.75) is 32.9 Å². The van der Waals surface area contributed by atoms with Crippen molar-refractivity contribution in [2.75, 3.05) is 19.8 Å². The molecule has 2 N–H and O–H groups in total. The third-order valence-corrected chi connectivity index (χ3v) is 2.22. The molecule has 0 aliphatic heterocycles. The fourth-order valence-corrected chi connectivity index (χ4v) is 1.31. The molecule has 0 unspecified atom stereocenters. The summed E-state index contributed by atoms with van der Waals surface area (Å²) in [6.45, 7) is 5.88. The molecular weight excluding hydrogens is 234 g/mol. The second-order valence-corrected chi connectivity index (χ2v) is 4.16. The van der Waals surface area contributed by atoms with E-state index in [9.17, 15) is 4.79 Å².